The average molecular weight is 346 g/mol. The molecule has 3 aromatic carbocycles. The first-order valence-corrected chi connectivity index (χ1v) is 8.37. The molecule has 0 saturated carbocycles. The van der Waals surface area contributed by atoms with Gasteiger partial charge in [0.1, 0.15) is 0 Å². The summed E-state index contributed by atoms with van der Waals surface area (Å²) in [5.74, 6) is -0.265. The Morgan fingerprint density at radius 1 is 0.960 bits per heavy atom. The van der Waals surface area contributed by atoms with E-state index in [4.69, 9.17) is 12.2 Å². The van der Waals surface area contributed by atoms with Gasteiger partial charge in [0, 0.05) is 17.1 Å². The van der Waals surface area contributed by atoms with Gasteiger partial charge in [-0.3, -0.25) is 10.1 Å². The van der Waals surface area contributed by atoms with E-state index in [9.17, 15) is 4.79 Å². The van der Waals surface area contributed by atoms with Gasteiger partial charge in [-0.2, -0.15) is 0 Å². The molecule has 0 aliphatic heterocycles. The van der Waals surface area contributed by atoms with E-state index in [2.05, 4.69) is 10.6 Å². The van der Waals surface area contributed by atoms with Crippen LogP contribution in [-0.2, 0) is 4.79 Å². The van der Waals surface area contributed by atoms with E-state index in [0.717, 1.165) is 22.0 Å². The molecule has 25 heavy (non-hydrogen) atoms. The number of anilines is 1. The van der Waals surface area contributed by atoms with Crippen LogP contribution in [0.5, 0.6) is 0 Å². The molecule has 0 atom stereocenters. The first-order valence-electron chi connectivity index (χ1n) is 7.96. The summed E-state index contributed by atoms with van der Waals surface area (Å²) >= 11 is 5.25. The van der Waals surface area contributed by atoms with Gasteiger partial charge < -0.3 is 5.32 Å². The number of rotatable bonds is 3. The van der Waals surface area contributed by atoms with E-state index < -0.39 is 0 Å². The first-order chi connectivity index (χ1) is 12.1. The number of thiocarbonyl (C=S) groups is 1. The minimum absolute atomic E-state index is 0.265. The summed E-state index contributed by atoms with van der Waals surface area (Å²) in [5.41, 5.74) is 3.02. The van der Waals surface area contributed by atoms with Crippen LogP contribution in [0.25, 0.3) is 16.8 Å². The highest BCUT2D eigenvalue weighted by molar-refractivity contribution is 7.80. The second-order valence-corrected chi connectivity index (χ2v) is 6.12. The van der Waals surface area contributed by atoms with Gasteiger partial charge in [0.2, 0.25) is 5.91 Å². The normalized spacial score (nSPS) is 10.8. The zero-order valence-electron chi connectivity index (χ0n) is 13.8. The SMILES string of the molecule is Cc1ccc(/C=C/C(=O)NC(=S)Nc2cccc3ccccc23)cc1. The third kappa shape index (κ3) is 4.52. The van der Waals surface area contributed by atoms with Gasteiger partial charge >= 0.3 is 0 Å². The lowest BCUT2D eigenvalue weighted by Gasteiger charge is -2.10. The van der Waals surface area contributed by atoms with Crippen LogP contribution < -0.4 is 10.6 Å². The number of carbonyl (C=O) groups excluding carboxylic acids is 1. The molecule has 0 spiro atoms. The Morgan fingerprint density at radius 2 is 1.68 bits per heavy atom. The zero-order chi connectivity index (χ0) is 17.6. The molecule has 2 N–H and O–H groups in total. The summed E-state index contributed by atoms with van der Waals surface area (Å²) < 4.78 is 0. The average Bonchev–Trinajstić information content (AvgIpc) is 2.61. The van der Waals surface area contributed by atoms with Crippen LogP contribution in [0.3, 0.4) is 0 Å². The van der Waals surface area contributed by atoms with E-state index in [1.54, 1.807) is 6.08 Å². The van der Waals surface area contributed by atoms with Crippen LogP contribution in [0.2, 0.25) is 0 Å². The second kappa shape index (κ2) is 7.73. The van der Waals surface area contributed by atoms with Crippen molar-refractivity contribution in [3.63, 3.8) is 0 Å². The molecule has 0 heterocycles. The molecule has 1 amide bonds. The molecule has 3 rings (SSSR count). The third-order valence-corrected chi connectivity index (χ3v) is 3.98. The molecule has 0 radical (unpaired) electrons. The monoisotopic (exact) mass is 346 g/mol. The predicted molar refractivity (Wildman–Crippen MR) is 109 cm³/mol. The maximum atomic E-state index is 12.0. The van der Waals surface area contributed by atoms with Gasteiger partial charge in [-0.1, -0.05) is 66.2 Å². The number of benzene rings is 3. The van der Waals surface area contributed by atoms with E-state index >= 15 is 0 Å². The Balaban J connectivity index is 1.63. The number of amides is 1. The van der Waals surface area contributed by atoms with Crippen molar-refractivity contribution in [1.29, 1.82) is 0 Å². The van der Waals surface area contributed by atoms with Gasteiger partial charge in [-0.25, -0.2) is 0 Å². The van der Waals surface area contributed by atoms with Crippen LogP contribution in [0, 0.1) is 6.92 Å². The molecule has 4 heteroatoms. The number of fused-ring (bicyclic) bond motifs is 1. The van der Waals surface area contributed by atoms with E-state index in [1.165, 1.54) is 11.6 Å². The first kappa shape index (κ1) is 16.9. The summed E-state index contributed by atoms with van der Waals surface area (Å²) in [7, 11) is 0. The summed E-state index contributed by atoms with van der Waals surface area (Å²) in [6.07, 6.45) is 3.23. The highest BCUT2D eigenvalue weighted by atomic mass is 32.1. The van der Waals surface area contributed by atoms with Crippen molar-refractivity contribution < 1.29 is 4.79 Å². The molecule has 0 fully saturated rings. The molecule has 3 nitrogen and oxygen atoms in total. The van der Waals surface area contributed by atoms with Crippen molar-refractivity contribution in [3.8, 4) is 0 Å². The molecule has 0 aliphatic rings. The summed E-state index contributed by atoms with van der Waals surface area (Å²) in [5, 5.41) is 8.19. The standard InChI is InChI=1S/C21H18N2OS/c1-15-9-11-16(12-10-15)13-14-20(24)23-21(25)22-19-8-4-6-17-5-2-3-7-18(17)19/h2-14H,1H3,(H2,22,23,24,25)/b14-13+. The van der Waals surface area contributed by atoms with Gasteiger partial charge in [-0.05, 0) is 42.2 Å². The molecule has 3 aromatic rings. The molecule has 0 aliphatic carbocycles. The van der Waals surface area contributed by atoms with Gasteiger partial charge in [0.15, 0.2) is 5.11 Å². The number of hydrogen-bond acceptors (Lipinski definition) is 2. The second-order valence-electron chi connectivity index (χ2n) is 5.71. The van der Waals surface area contributed by atoms with Gasteiger partial charge in [0.05, 0.1) is 0 Å². The highest BCUT2D eigenvalue weighted by Crippen LogP contribution is 2.22. The molecular formula is C21H18N2OS. The van der Waals surface area contributed by atoms with Gasteiger partial charge in [0.25, 0.3) is 0 Å². The fourth-order valence-corrected chi connectivity index (χ4v) is 2.70. The fraction of sp³-hybridized carbons (Fsp3) is 0.0476. The Kier molecular flexibility index (Phi) is 5.21. The molecule has 0 saturated heterocycles. The quantitative estimate of drug-likeness (QED) is 0.535. The number of hydrogen-bond donors (Lipinski definition) is 2. The van der Waals surface area contributed by atoms with Crippen LogP contribution in [0.1, 0.15) is 11.1 Å². The lowest BCUT2D eigenvalue weighted by atomic mass is 10.1. The van der Waals surface area contributed by atoms with Crippen LogP contribution >= 0.6 is 12.2 Å². The smallest absolute Gasteiger partial charge is 0.250 e. The summed E-state index contributed by atoms with van der Waals surface area (Å²) in [6, 6.07) is 21.9. The highest BCUT2D eigenvalue weighted by Gasteiger charge is 2.04. The minimum atomic E-state index is -0.265. The van der Waals surface area contributed by atoms with Crippen LogP contribution in [0.4, 0.5) is 5.69 Å². The third-order valence-electron chi connectivity index (χ3n) is 3.78. The van der Waals surface area contributed by atoms with Crippen LogP contribution in [0.15, 0.2) is 72.8 Å². The molecule has 124 valence electrons. The molecule has 0 aromatic heterocycles. The Hall–Kier alpha value is -2.98. The molecule has 0 bridgehead atoms. The predicted octanol–water partition coefficient (Wildman–Crippen LogP) is 4.67. The number of aryl methyl sites for hydroxylation is 1. The van der Waals surface area contributed by atoms with Gasteiger partial charge in [-0.15, -0.1) is 0 Å². The lowest BCUT2D eigenvalue weighted by Crippen LogP contribution is -2.32. The van der Waals surface area contributed by atoms with Crippen molar-refractivity contribution >= 4 is 45.8 Å². The van der Waals surface area contributed by atoms with Crippen molar-refractivity contribution in [2.45, 2.75) is 6.92 Å². The van der Waals surface area contributed by atoms with Crippen molar-refractivity contribution in [2.24, 2.45) is 0 Å². The molecular weight excluding hydrogens is 328 g/mol. The Bertz CT molecular complexity index is 940. The largest absolute Gasteiger partial charge is 0.332 e. The van der Waals surface area contributed by atoms with Crippen molar-refractivity contribution in [3.05, 3.63) is 83.9 Å². The number of carbonyl (C=O) groups is 1. The lowest BCUT2D eigenvalue weighted by molar-refractivity contribution is -0.115. The maximum absolute atomic E-state index is 12.0. The van der Waals surface area contributed by atoms with E-state index in [1.807, 2.05) is 73.7 Å². The zero-order valence-corrected chi connectivity index (χ0v) is 14.6. The maximum Gasteiger partial charge on any atom is 0.250 e. The minimum Gasteiger partial charge on any atom is -0.332 e. The fourth-order valence-electron chi connectivity index (χ4n) is 2.49. The molecule has 0 unspecified atom stereocenters. The van der Waals surface area contributed by atoms with E-state index in [-0.39, 0.29) is 11.0 Å². The van der Waals surface area contributed by atoms with Crippen molar-refractivity contribution in [2.75, 3.05) is 5.32 Å². The number of nitrogens with one attached hydrogen (secondary N) is 2. The van der Waals surface area contributed by atoms with E-state index in [0.29, 0.717) is 0 Å². The topological polar surface area (TPSA) is 41.1 Å². The van der Waals surface area contributed by atoms with Crippen molar-refractivity contribution in [1.82, 2.24) is 5.32 Å². The van der Waals surface area contributed by atoms with Crippen LogP contribution in [-0.4, -0.2) is 11.0 Å². The Labute approximate surface area is 152 Å². The summed E-state index contributed by atoms with van der Waals surface area (Å²) in [4.78, 5) is 12.0. The Morgan fingerprint density at radius 3 is 2.48 bits per heavy atom. The summed E-state index contributed by atoms with van der Waals surface area (Å²) in [6.45, 7) is 2.03.